The summed E-state index contributed by atoms with van der Waals surface area (Å²) < 4.78 is 10.7. The van der Waals surface area contributed by atoms with Crippen LogP contribution in [-0.4, -0.2) is 30.0 Å². The number of rotatable bonds is 6. The van der Waals surface area contributed by atoms with Gasteiger partial charge in [-0.25, -0.2) is 10.4 Å². The van der Waals surface area contributed by atoms with Crippen molar-refractivity contribution in [1.82, 2.24) is 10.4 Å². The van der Waals surface area contributed by atoms with Crippen molar-refractivity contribution in [3.63, 3.8) is 0 Å². The molecule has 0 fully saturated rings. The lowest BCUT2D eigenvalue weighted by molar-refractivity contribution is -0.118. The zero-order valence-corrected chi connectivity index (χ0v) is 13.7. The Balaban J connectivity index is 1.53. The van der Waals surface area contributed by atoms with Gasteiger partial charge in [0.1, 0.15) is 11.3 Å². The first-order chi connectivity index (χ1) is 11.8. The van der Waals surface area contributed by atoms with Crippen LogP contribution in [0.5, 0.6) is 5.75 Å². The summed E-state index contributed by atoms with van der Waals surface area (Å²) in [4.78, 5) is 16.1. The van der Waals surface area contributed by atoms with E-state index in [2.05, 4.69) is 15.5 Å². The number of ether oxygens (including phenoxy) is 1. The topological polar surface area (TPSA) is 76.7 Å². The number of hydrazone groups is 1. The molecule has 24 heavy (non-hydrogen) atoms. The second-order valence-electron chi connectivity index (χ2n) is 4.77. The number of para-hydroxylation sites is 3. The van der Waals surface area contributed by atoms with E-state index in [-0.39, 0.29) is 11.7 Å². The molecule has 122 valence electrons. The quantitative estimate of drug-likeness (QED) is 0.423. The van der Waals surface area contributed by atoms with Crippen molar-refractivity contribution in [2.24, 2.45) is 5.10 Å². The highest BCUT2D eigenvalue weighted by Gasteiger charge is 2.08. The SMILES string of the molecule is COc1ccccc1/C=N/NC(=O)CSc1nc2ccccc2o1. The first-order valence-corrected chi connectivity index (χ1v) is 8.18. The van der Waals surface area contributed by atoms with Gasteiger partial charge in [-0.1, -0.05) is 36.0 Å². The number of benzene rings is 2. The highest BCUT2D eigenvalue weighted by Crippen LogP contribution is 2.22. The van der Waals surface area contributed by atoms with E-state index in [9.17, 15) is 4.79 Å². The molecule has 0 spiro atoms. The lowest BCUT2D eigenvalue weighted by Gasteiger charge is -2.03. The standard InChI is InChI=1S/C17H15N3O3S/c1-22-14-8-4-2-6-12(14)10-18-20-16(21)11-24-17-19-13-7-3-5-9-15(13)23-17/h2-10H,11H2,1H3,(H,20,21)/b18-10+. The summed E-state index contributed by atoms with van der Waals surface area (Å²) >= 11 is 1.22. The Hall–Kier alpha value is -2.80. The molecule has 0 saturated heterocycles. The average molecular weight is 341 g/mol. The van der Waals surface area contributed by atoms with Crippen LogP contribution in [0.1, 0.15) is 5.56 Å². The van der Waals surface area contributed by atoms with E-state index in [1.807, 2.05) is 48.5 Å². The molecule has 2 aromatic carbocycles. The summed E-state index contributed by atoms with van der Waals surface area (Å²) in [6.07, 6.45) is 1.54. The lowest BCUT2D eigenvalue weighted by atomic mass is 10.2. The number of nitrogens with one attached hydrogen (secondary N) is 1. The second kappa shape index (κ2) is 7.65. The highest BCUT2D eigenvalue weighted by atomic mass is 32.2. The van der Waals surface area contributed by atoms with E-state index in [1.54, 1.807) is 13.3 Å². The molecule has 0 bridgehead atoms. The molecule has 0 aliphatic rings. The van der Waals surface area contributed by atoms with Crippen LogP contribution in [-0.2, 0) is 4.79 Å². The van der Waals surface area contributed by atoms with Crippen molar-refractivity contribution in [3.8, 4) is 5.75 Å². The Morgan fingerprint density at radius 2 is 2.08 bits per heavy atom. The van der Waals surface area contributed by atoms with Crippen LogP contribution in [0.2, 0.25) is 0 Å². The molecule has 0 saturated carbocycles. The fourth-order valence-corrected chi connectivity index (χ4v) is 2.65. The minimum absolute atomic E-state index is 0.163. The highest BCUT2D eigenvalue weighted by molar-refractivity contribution is 7.99. The second-order valence-corrected chi connectivity index (χ2v) is 5.70. The van der Waals surface area contributed by atoms with Crippen molar-refractivity contribution in [2.45, 2.75) is 5.22 Å². The summed E-state index contributed by atoms with van der Waals surface area (Å²) in [7, 11) is 1.59. The molecule has 0 atom stereocenters. The first-order valence-electron chi connectivity index (χ1n) is 7.19. The molecule has 6 nitrogen and oxygen atoms in total. The third-order valence-corrected chi connectivity index (χ3v) is 3.96. The number of oxazole rings is 1. The number of carbonyl (C=O) groups is 1. The maximum absolute atomic E-state index is 11.8. The van der Waals surface area contributed by atoms with Gasteiger partial charge < -0.3 is 9.15 Å². The molecule has 1 amide bonds. The van der Waals surface area contributed by atoms with Gasteiger partial charge in [-0.3, -0.25) is 4.79 Å². The molecule has 1 aromatic heterocycles. The van der Waals surface area contributed by atoms with Crippen molar-refractivity contribution >= 4 is 35.0 Å². The van der Waals surface area contributed by atoms with Crippen LogP contribution in [0.4, 0.5) is 0 Å². The minimum Gasteiger partial charge on any atom is -0.496 e. The molecular formula is C17H15N3O3S. The largest absolute Gasteiger partial charge is 0.496 e. The van der Waals surface area contributed by atoms with Gasteiger partial charge in [0, 0.05) is 5.56 Å². The van der Waals surface area contributed by atoms with Gasteiger partial charge >= 0.3 is 0 Å². The van der Waals surface area contributed by atoms with E-state index in [0.717, 1.165) is 11.1 Å². The number of thioether (sulfide) groups is 1. The molecule has 1 N–H and O–H groups in total. The summed E-state index contributed by atoms with van der Waals surface area (Å²) in [5.41, 5.74) is 4.73. The van der Waals surface area contributed by atoms with E-state index < -0.39 is 0 Å². The van der Waals surface area contributed by atoms with Crippen LogP contribution in [0.25, 0.3) is 11.1 Å². The van der Waals surface area contributed by atoms with Crippen LogP contribution >= 0.6 is 11.8 Å². The number of hydrogen-bond donors (Lipinski definition) is 1. The molecule has 0 unspecified atom stereocenters. The molecule has 0 aliphatic carbocycles. The van der Waals surface area contributed by atoms with Gasteiger partial charge in [0.25, 0.3) is 11.1 Å². The van der Waals surface area contributed by atoms with Crippen LogP contribution in [0.15, 0.2) is 63.3 Å². The van der Waals surface area contributed by atoms with Gasteiger partial charge in [-0.15, -0.1) is 0 Å². The Kier molecular flexibility index (Phi) is 5.12. The summed E-state index contributed by atoms with van der Waals surface area (Å²) in [6.45, 7) is 0. The van der Waals surface area contributed by atoms with Gasteiger partial charge in [0.2, 0.25) is 0 Å². The van der Waals surface area contributed by atoms with E-state index in [0.29, 0.717) is 16.6 Å². The number of methoxy groups -OCH3 is 1. The van der Waals surface area contributed by atoms with Gasteiger partial charge in [0.05, 0.1) is 19.1 Å². The van der Waals surface area contributed by atoms with Crippen LogP contribution < -0.4 is 10.2 Å². The molecular weight excluding hydrogens is 326 g/mol. The van der Waals surface area contributed by atoms with Crippen LogP contribution in [0, 0.1) is 0 Å². The predicted molar refractivity (Wildman–Crippen MR) is 93.5 cm³/mol. The number of aromatic nitrogens is 1. The monoisotopic (exact) mass is 341 g/mol. The zero-order chi connectivity index (χ0) is 16.8. The number of hydrogen-bond acceptors (Lipinski definition) is 6. The van der Waals surface area contributed by atoms with Gasteiger partial charge in [0.15, 0.2) is 5.58 Å². The van der Waals surface area contributed by atoms with E-state index in [4.69, 9.17) is 9.15 Å². The summed E-state index contributed by atoms with van der Waals surface area (Å²) in [5.74, 6) is 0.612. The number of amides is 1. The van der Waals surface area contributed by atoms with Crippen molar-refractivity contribution < 1.29 is 13.9 Å². The zero-order valence-electron chi connectivity index (χ0n) is 12.9. The fraction of sp³-hybridized carbons (Fsp3) is 0.118. The third-order valence-electron chi connectivity index (χ3n) is 3.13. The van der Waals surface area contributed by atoms with Crippen LogP contribution in [0.3, 0.4) is 0 Å². The Morgan fingerprint density at radius 3 is 2.92 bits per heavy atom. The Morgan fingerprint density at radius 1 is 1.29 bits per heavy atom. The Labute approximate surface area is 142 Å². The van der Waals surface area contributed by atoms with E-state index >= 15 is 0 Å². The number of nitrogens with zero attached hydrogens (tertiary/aromatic N) is 2. The maximum Gasteiger partial charge on any atom is 0.257 e. The molecule has 7 heteroatoms. The smallest absolute Gasteiger partial charge is 0.257 e. The third kappa shape index (κ3) is 3.94. The molecule has 1 heterocycles. The van der Waals surface area contributed by atoms with Crippen molar-refractivity contribution in [2.75, 3.05) is 12.9 Å². The van der Waals surface area contributed by atoms with Gasteiger partial charge in [-0.2, -0.15) is 5.10 Å². The average Bonchev–Trinajstić information content (AvgIpc) is 3.03. The molecule has 3 aromatic rings. The number of fused-ring (bicyclic) bond motifs is 1. The molecule has 0 radical (unpaired) electrons. The van der Waals surface area contributed by atoms with Crippen molar-refractivity contribution in [1.29, 1.82) is 0 Å². The Bertz CT molecular complexity index is 843. The molecule has 3 rings (SSSR count). The minimum atomic E-state index is -0.242. The van der Waals surface area contributed by atoms with Crippen molar-refractivity contribution in [3.05, 3.63) is 54.1 Å². The van der Waals surface area contributed by atoms with Gasteiger partial charge in [-0.05, 0) is 24.3 Å². The summed E-state index contributed by atoms with van der Waals surface area (Å²) in [6, 6.07) is 14.9. The normalized spacial score (nSPS) is 11.0. The number of carbonyl (C=O) groups excluding carboxylic acids is 1. The summed E-state index contributed by atoms with van der Waals surface area (Å²) in [5, 5.41) is 4.39. The lowest BCUT2D eigenvalue weighted by Crippen LogP contribution is -2.19. The fourth-order valence-electron chi connectivity index (χ4n) is 2.02. The first kappa shape index (κ1) is 16.1. The van der Waals surface area contributed by atoms with E-state index in [1.165, 1.54) is 11.8 Å². The maximum atomic E-state index is 11.8. The predicted octanol–water partition coefficient (Wildman–Crippen LogP) is 3.08. The molecule has 0 aliphatic heterocycles.